The van der Waals surface area contributed by atoms with E-state index in [0.717, 1.165) is 0 Å². The van der Waals surface area contributed by atoms with Crippen LogP contribution in [0, 0.1) is 0 Å². The van der Waals surface area contributed by atoms with Gasteiger partial charge in [-0.05, 0) is 26.2 Å². The molecule has 0 aliphatic carbocycles. The summed E-state index contributed by atoms with van der Waals surface area (Å²) < 4.78 is 35.1. The zero-order chi connectivity index (χ0) is 9.78. The van der Waals surface area contributed by atoms with Gasteiger partial charge in [0.05, 0.1) is 0 Å². The Labute approximate surface area is 69.6 Å². The van der Waals surface area contributed by atoms with Crippen LogP contribution in [0.5, 0.6) is 0 Å². The predicted octanol–water partition coefficient (Wildman–Crippen LogP) is 1.43. The SMILES string of the molecule is CC(N)CCCC(O)C(F)(F)F. The third kappa shape index (κ3) is 5.37. The summed E-state index contributed by atoms with van der Waals surface area (Å²) in [6.07, 6.45) is -6.13. The van der Waals surface area contributed by atoms with Gasteiger partial charge in [0, 0.05) is 6.04 Å². The van der Waals surface area contributed by atoms with E-state index in [1.165, 1.54) is 0 Å². The molecule has 0 spiro atoms. The fourth-order valence-corrected chi connectivity index (χ4v) is 0.797. The van der Waals surface area contributed by atoms with Crippen molar-refractivity contribution < 1.29 is 18.3 Å². The zero-order valence-corrected chi connectivity index (χ0v) is 6.93. The van der Waals surface area contributed by atoms with E-state index in [4.69, 9.17) is 10.8 Å². The lowest BCUT2D eigenvalue weighted by Gasteiger charge is -2.14. The molecule has 0 aromatic carbocycles. The standard InChI is InChI=1S/C7H14F3NO/c1-5(11)3-2-4-6(12)7(8,9)10/h5-6,12H,2-4,11H2,1H3. The van der Waals surface area contributed by atoms with Crippen LogP contribution in [0.2, 0.25) is 0 Å². The number of rotatable bonds is 4. The molecule has 5 heteroatoms. The quantitative estimate of drug-likeness (QED) is 0.695. The van der Waals surface area contributed by atoms with E-state index in [9.17, 15) is 13.2 Å². The number of aliphatic hydroxyl groups excluding tert-OH is 1. The third-order valence-corrected chi connectivity index (χ3v) is 1.51. The second-order valence-corrected chi connectivity index (χ2v) is 2.97. The highest BCUT2D eigenvalue weighted by molar-refractivity contribution is 4.66. The van der Waals surface area contributed by atoms with Crippen LogP contribution in [-0.4, -0.2) is 23.4 Å². The third-order valence-electron chi connectivity index (χ3n) is 1.51. The Bertz CT molecular complexity index is 124. The van der Waals surface area contributed by atoms with Crippen molar-refractivity contribution in [3.05, 3.63) is 0 Å². The van der Waals surface area contributed by atoms with Gasteiger partial charge in [-0.25, -0.2) is 0 Å². The molecule has 0 saturated heterocycles. The number of halogens is 3. The summed E-state index contributed by atoms with van der Waals surface area (Å²) in [5.41, 5.74) is 5.32. The molecule has 0 amide bonds. The summed E-state index contributed by atoms with van der Waals surface area (Å²) in [6.45, 7) is 1.72. The van der Waals surface area contributed by atoms with Crippen LogP contribution in [0.1, 0.15) is 26.2 Å². The lowest BCUT2D eigenvalue weighted by Crippen LogP contribution is -2.28. The highest BCUT2D eigenvalue weighted by Crippen LogP contribution is 2.23. The highest BCUT2D eigenvalue weighted by atomic mass is 19.4. The minimum atomic E-state index is -4.49. The molecular weight excluding hydrogens is 171 g/mol. The fourth-order valence-electron chi connectivity index (χ4n) is 0.797. The van der Waals surface area contributed by atoms with E-state index in [-0.39, 0.29) is 12.5 Å². The van der Waals surface area contributed by atoms with E-state index < -0.39 is 12.3 Å². The summed E-state index contributed by atoms with van der Waals surface area (Å²) in [5, 5.41) is 8.53. The summed E-state index contributed by atoms with van der Waals surface area (Å²) in [5.74, 6) is 0. The maximum Gasteiger partial charge on any atom is 0.414 e. The van der Waals surface area contributed by atoms with Gasteiger partial charge in [-0.15, -0.1) is 0 Å². The smallest absolute Gasteiger partial charge is 0.384 e. The highest BCUT2D eigenvalue weighted by Gasteiger charge is 2.37. The second kappa shape index (κ2) is 4.67. The summed E-state index contributed by atoms with van der Waals surface area (Å²) >= 11 is 0. The monoisotopic (exact) mass is 185 g/mol. The maximum absolute atomic E-state index is 11.7. The molecule has 0 heterocycles. The van der Waals surface area contributed by atoms with Crippen molar-refractivity contribution in [2.75, 3.05) is 0 Å². The normalized spacial score (nSPS) is 17.5. The Morgan fingerprint density at radius 2 is 1.83 bits per heavy atom. The van der Waals surface area contributed by atoms with E-state index in [1.54, 1.807) is 6.92 Å². The molecule has 3 N–H and O–H groups in total. The molecule has 12 heavy (non-hydrogen) atoms. The molecule has 0 fully saturated rings. The molecule has 2 nitrogen and oxygen atoms in total. The van der Waals surface area contributed by atoms with E-state index in [2.05, 4.69) is 0 Å². The van der Waals surface area contributed by atoms with E-state index in [1.807, 2.05) is 0 Å². The molecule has 2 atom stereocenters. The summed E-state index contributed by atoms with van der Waals surface area (Å²) in [4.78, 5) is 0. The van der Waals surface area contributed by atoms with E-state index in [0.29, 0.717) is 12.8 Å². The number of hydrogen-bond acceptors (Lipinski definition) is 2. The fraction of sp³-hybridized carbons (Fsp3) is 1.00. The molecule has 74 valence electrons. The Morgan fingerprint density at radius 3 is 2.17 bits per heavy atom. The van der Waals surface area contributed by atoms with Gasteiger partial charge in [-0.3, -0.25) is 0 Å². The number of nitrogens with two attached hydrogens (primary N) is 1. The molecule has 0 rings (SSSR count). The van der Waals surface area contributed by atoms with Gasteiger partial charge in [0.25, 0.3) is 0 Å². The van der Waals surface area contributed by atoms with Crippen molar-refractivity contribution in [2.45, 2.75) is 44.5 Å². The van der Waals surface area contributed by atoms with Gasteiger partial charge in [-0.1, -0.05) is 0 Å². The van der Waals surface area contributed by atoms with Crippen molar-refractivity contribution in [3.8, 4) is 0 Å². The van der Waals surface area contributed by atoms with Crippen molar-refractivity contribution >= 4 is 0 Å². The van der Waals surface area contributed by atoms with Crippen molar-refractivity contribution in [1.82, 2.24) is 0 Å². The van der Waals surface area contributed by atoms with Crippen LogP contribution in [0.25, 0.3) is 0 Å². The second-order valence-electron chi connectivity index (χ2n) is 2.97. The minimum Gasteiger partial charge on any atom is -0.384 e. The Kier molecular flexibility index (Phi) is 4.55. The van der Waals surface area contributed by atoms with Crippen LogP contribution in [0.3, 0.4) is 0 Å². The topological polar surface area (TPSA) is 46.2 Å². The van der Waals surface area contributed by atoms with Crippen molar-refractivity contribution in [2.24, 2.45) is 5.73 Å². The van der Waals surface area contributed by atoms with Crippen LogP contribution in [-0.2, 0) is 0 Å². The van der Waals surface area contributed by atoms with Gasteiger partial charge in [0.1, 0.15) is 6.10 Å². The zero-order valence-electron chi connectivity index (χ0n) is 6.93. The average molecular weight is 185 g/mol. The van der Waals surface area contributed by atoms with Crippen LogP contribution in [0.4, 0.5) is 13.2 Å². The number of hydrogen-bond donors (Lipinski definition) is 2. The first-order chi connectivity index (χ1) is 5.34. The predicted molar refractivity (Wildman–Crippen MR) is 39.6 cm³/mol. The van der Waals surface area contributed by atoms with Gasteiger partial charge in [0.15, 0.2) is 0 Å². The van der Waals surface area contributed by atoms with Gasteiger partial charge in [0.2, 0.25) is 0 Å². The Hall–Kier alpha value is -0.290. The molecular formula is C7H14F3NO. The van der Waals surface area contributed by atoms with Crippen LogP contribution >= 0.6 is 0 Å². The lowest BCUT2D eigenvalue weighted by atomic mass is 10.1. The van der Waals surface area contributed by atoms with Crippen LogP contribution < -0.4 is 5.73 Å². The average Bonchev–Trinajstić information content (AvgIpc) is 1.84. The minimum absolute atomic E-state index is 0.106. The first kappa shape index (κ1) is 11.7. The van der Waals surface area contributed by atoms with Gasteiger partial charge >= 0.3 is 6.18 Å². The van der Waals surface area contributed by atoms with Crippen molar-refractivity contribution in [3.63, 3.8) is 0 Å². The first-order valence-corrected chi connectivity index (χ1v) is 3.84. The van der Waals surface area contributed by atoms with E-state index >= 15 is 0 Å². The molecule has 2 unspecified atom stereocenters. The number of alkyl halides is 3. The van der Waals surface area contributed by atoms with Crippen molar-refractivity contribution in [1.29, 1.82) is 0 Å². The number of aliphatic hydroxyl groups is 1. The molecule has 0 aromatic heterocycles. The molecule has 0 aromatic rings. The van der Waals surface area contributed by atoms with Crippen LogP contribution in [0.15, 0.2) is 0 Å². The molecule has 0 radical (unpaired) electrons. The van der Waals surface area contributed by atoms with Gasteiger partial charge < -0.3 is 10.8 Å². The summed E-state index contributed by atoms with van der Waals surface area (Å²) in [7, 11) is 0. The maximum atomic E-state index is 11.7. The van der Waals surface area contributed by atoms with Gasteiger partial charge in [-0.2, -0.15) is 13.2 Å². The molecule has 0 aliphatic rings. The lowest BCUT2D eigenvalue weighted by molar-refractivity contribution is -0.205. The molecule has 0 saturated carbocycles. The molecule has 0 bridgehead atoms. The molecule has 0 aliphatic heterocycles. The largest absolute Gasteiger partial charge is 0.414 e. The Balaban J connectivity index is 3.51. The Morgan fingerprint density at radius 1 is 1.33 bits per heavy atom. The summed E-state index contributed by atoms with van der Waals surface area (Å²) in [6, 6.07) is -0.106. The first-order valence-electron chi connectivity index (χ1n) is 3.84.